The summed E-state index contributed by atoms with van der Waals surface area (Å²) in [5.74, 6) is 0.105. The number of likely N-dealkylation sites (tertiary alicyclic amines) is 1. The molecule has 0 N–H and O–H groups in total. The van der Waals surface area contributed by atoms with Crippen LogP contribution in [0.4, 0.5) is 0 Å². The van der Waals surface area contributed by atoms with Crippen molar-refractivity contribution < 1.29 is 4.79 Å². The summed E-state index contributed by atoms with van der Waals surface area (Å²) in [6.07, 6.45) is 6.44. The van der Waals surface area contributed by atoms with Crippen molar-refractivity contribution in [3.05, 3.63) is 46.2 Å². The monoisotopic (exact) mass is 329 g/mol. The summed E-state index contributed by atoms with van der Waals surface area (Å²) in [7, 11) is 0. The standard InChI is InChI=1S/C18H20ClN3O/c19-13-7-9-14(10-8-13)22-16-6-2-1-5-15(16)17(20-22)18(23)21-11-3-4-12-21/h7-10H,1-6,11-12H2. The van der Waals surface area contributed by atoms with Crippen LogP contribution < -0.4 is 0 Å². The van der Waals surface area contributed by atoms with Gasteiger partial charge < -0.3 is 4.90 Å². The minimum Gasteiger partial charge on any atom is -0.337 e. The molecule has 0 bridgehead atoms. The Bertz CT molecular complexity index is 729. The Labute approximate surface area is 141 Å². The van der Waals surface area contributed by atoms with Gasteiger partial charge in [0.2, 0.25) is 0 Å². The van der Waals surface area contributed by atoms with Crippen LogP contribution >= 0.6 is 11.6 Å². The first-order chi connectivity index (χ1) is 11.2. The van der Waals surface area contributed by atoms with Gasteiger partial charge in [-0.15, -0.1) is 0 Å². The number of halogens is 1. The molecule has 1 aromatic carbocycles. The maximum atomic E-state index is 12.8. The van der Waals surface area contributed by atoms with E-state index in [4.69, 9.17) is 16.7 Å². The molecule has 2 aromatic rings. The number of nitrogens with zero attached hydrogens (tertiary/aromatic N) is 3. The van der Waals surface area contributed by atoms with Crippen molar-refractivity contribution in [2.24, 2.45) is 0 Å². The van der Waals surface area contributed by atoms with Crippen molar-refractivity contribution in [2.75, 3.05) is 13.1 Å². The third-order valence-corrected chi connectivity index (χ3v) is 5.10. The van der Waals surface area contributed by atoms with Gasteiger partial charge in [0, 0.05) is 29.4 Å². The van der Waals surface area contributed by atoms with E-state index in [1.54, 1.807) is 0 Å². The van der Waals surface area contributed by atoms with Gasteiger partial charge >= 0.3 is 0 Å². The average Bonchev–Trinajstić information content (AvgIpc) is 3.23. The highest BCUT2D eigenvalue weighted by Gasteiger charge is 2.29. The lowest BCUT2D eigenvalue weighted by molar-refractivity contribution is 0.0785. The minimum atomic E-state index is 0.105. The molecular weight excluding hydrogens is 310 g/mol. The Morgan fingerprint density at radius 1 is 1.00 bits per heavy atom. The minimum absolute atomic E-state index is 0.105. The number of fused-ring (bicyclic) bond motifs is 1. The first-order valence-electron chi connectivity index (χ1n) is 8.40. The van der Waals surface area contributed by atoms with E-state index in [9.17, 15) is 4.79 Å². The summed E-state index contributed by atoms with van der Waals surface area (Å²) in [5, 5.41) is 5.43. The SMILES string of the molecule is O=C(c1nn(-c2ccc(Cl)cc2)c2c1CCCC2)N1CCCC1. The molecule has 2 heterocycles. The fourth-order valence-electron chi connectivity index (χ4n) is 3.64. The summed E-state index contributed by atoms with van der Waals surface area (Å²) in [5.41, 5.74) is 3.99. The lowest BCUT2D eigenvalue weighted by Gasteiger charge is -2.16. The van der Waals surface area contributed by atoms with Crippen LogP contribution in [0.3, 0.4) is 0 Å². The first kappa shape index (κ1) is 14.8. The Morgan fingerprint density at radius 2 is 1.70 bits per heavy atom. The van der Waals surface area contributed by atoms with E-state index in [0.29, 0.717) is 10.7 Å². The highest BCUT2D eigenvalue weighted by atomic mass is 35.5. The van der Waals surface area contributed by atoms with Crippen molar-refractivity contribution in [1.82, 2.24) is 14.7 Å². The number of hydrogen-bond acceptors (Lipinski definition) is 2. The van der Waals surface area contributed by atoms with E-state index in [1.807, 2.05) is 33.8 Å². The maximum Gasteiger partial charge on any atom is 0.274 e. The van der Waals surface area contributed by atoms with Gasteiger partial charge in [-0.25, -0.2) is 4.68 Å². The molecule has 120 valence electrons. The molecule has 1 amide bonds. The van der Waals surface area contributed by atoms with Crippen molar-refractivity contribution in [3.63, 3.8) is 0 Å². The number of benzene rings is 1. The second-order valence-electron chi connectivity index (χ2n) is 6.37. The molecule has 0 saturated carbocycles. The molecule has 0 radical (unpaired) electrons. The van der Waals surface area contributed by atoms with Gasteiger partial charge in [0.15, 0.2) is 5.69 Å². The van der Waals surface area contributed by atoms with Crippen molar-refractivity contribution in [2.45, 2.75) is 38.5 Å². The second kappa shape index (κ2) is 6.00. The average molecular weight is 330 g/mol. The van der Waals surface area contributed by atoms with E-state index in [2.05, 4.69) is 0 Å². The fraction of sp³-hybridized carbons (Fsp3) is 0.444. The molecule has 4 rings (SSSR count). The predicted molar refractivity (Wildman–Crippen MR) is 90.4 cm³/mol. The van der Waals surface area contributed by atoms with Gasteiger partial charge in [-0.05, 0) is 62.8 Å². The third kappa shape index (κ3) is 2.65. The zero-order valence-electron chi connectivity index (χ0n) is 13.1. The normalized spacial score (nSPS) is 17.3. The zero-order valence-corrected chi connectivity index (χ0v) is 13.9. The molecule has 23 heavy (non-hydrogen) atoms. The summed E-state index contributed by atoms with van der Waals surface area (Å²) in [6.45, 7) is 1.73. The molecular formula is C18H20ClN3O. The van der Waals surface area contributed by atoms with Gasteiger partial charge in [0.05, 0.1) is 5.69 Å². The molecule has 2 aliphatic rings. The van der Waals surface area contributed by atoms with Crippen LogP contribution in [-0.4, -0.2) is 33.7 Å². The van der Waals surface area contributed by atoms with Gasteiger partial charge in [-0.1, -0.05) is 11.6 Å². The first-order valence-corrected chi connectivity index (χ1v) is 8.78. The maximum absolute atomic E-state index is 12.8. The highest BCUT2D eigenvalue weighted by Crippen LogP contribution is 2.28. The van der Waals surface area contributed by atoms with Crippen LogP contribution in [0.2, 0.25) is 5.02 Å². The molecule has 1 aliphatic carbocycles. The van der Waals surface area contributed by atoms with Crippen LogP contribution in [0.5, 0.6) is 0 Å². The molecule has 4 nitrogen and oxygen atoms in total. The predicted octanol–water partition coefficient (Wildman–Crippen LogP) is 3.64. The molecule has 1 aromatic heterocycles. The molecule has 5 heteroatoms. The Kier molecular flexibility index (Phi) is 3.85. The lowest BCUT2D eigenvalue weighted by Crippen LogP contribution is -2.29. The summed E-state index contributed by atoms with van der Waals surface area (Å²) in [6, 6.07) is 7.67. The number of carbonyl (C=O) groups excluding carboxylic acids is 1. The van der Waals surface area contributed by atoms with E-state index in [-0.39, 0.29) is 5.91 Å². The number of aromatic nitrogens is 2. The highest BCUT2D eigenvalue weighted by molar-refractivity contribution is 6.30. The lowest BCUT2D eigenvalue weighted by atomic mass is 9.95. The summed E-state index contributed by atoms with van der Waals surface area (Å²) >= 11 is 5.99. The number of hydrogen-bond donors (Lipinski definition) is 0. The quantitative estimate of drug-likeness (QED) is 0.843. The van der Waals surface area contributed by atoms with Gasteiger partial charge in [0.25, 0.3) is 5.91 Å². The second-order valence-corrected chi connectivity index (χ2v) is 6.80. The van der Waals surface area contributed by atoms with Crippen molar-refractivity contribution in [3.8, 4) is 5.69 Å². The third-order valence-electron chi connectivity index (χ3n) is 4.85. The Hall–Kier alpha value is -1.81. The fourth-order valence-corrected chi connectivity index (χ4v) is 3.76. The summed E-state index contributed by atoms with van der Waals surface area (Å²) < 4.78 is 1.95. The van der Waals surface area contributed by atoms with E-state index >= 15 is 0 Å². The van der Waals surface area contributed by atoms with Crippen LogP contribution in [0, 0.1) is 0 Å². The summed E-state index contributed by atoms with van der Waals surface area (Å²) in [4.78, 5) is 14.8. The van der Waals surface area contributed by atoms with E-state index in [0.717, 1.165) is 62.9 Å². The smallest absolute Gasteiger partial charge is 0.274 e. The van der Waals surface area contributed by atoms with E-state index < -0.39 is 0 Å². The number of amides is 1. The molecule has 1 aliphatic heterocycles. The number of rotatable bonds is 2. The van der Waals surface area contributed by atoms with Crippen LogP contribution in [0.25, 0.3) is 5.69 Å². The number of carbonyl (C=O) groups is 1. The van der Waals surface area contributed by atoms with Crippen molar-refractivity contribution in [1.29, 1.82) is 0 Å². The van der Waals surface area contributed by atoms with Gasteiger partial charge in [0.1, 0.15) is 0 Å². The van der Waals surface area contributed by atoms with Crippen molar-refractivity contribution >= 4 is 17.5 Å². The van der Waals surface area contributed by atoms with Gasteiger partial charge in [-0.3, -0.25) is 4.79 Å². The molecule has 1 saturated heterocycles. The Morgan fingerprint density at radius 3 is 2.43 bits per heavy atom. The van der Waals surface area contributed by atoms with Crippen LogP contribution in [0.15, 0.2) is 24.3 Å². The zero-order chi connectivity index (χ0) is 15.8. The molecule has 1 fully saturated rings. The molecule has 0 unspecified atom stereocenters. The largest absolute Gasteiger partial charge is 0.337 e. The Balaban J connectivity index is 1.78. The molecule has 0 atom stereocenters. The topological polar surface area (TPSA) is 38.1 Å². The van der Waals surface area contributed by atoms with Crippen LogP contribution in [-0.2, 0) is 12.8 Å². The molecule has 0 spiro atoms. The van der Waals surface area contributed by atoms with E-state index in [1.165, 1.54) is 5.69 Å². The van der Waals surface area contributed by atoms with Crippen LogP contribution in [0.1, 0.15) is 47.4 Å². The van der Waals surface area contributed by atoms with Gasteiger partial charge in [-0.2, -0.15) is 5.10 Å².